The summed E-state index contributed by atoms with van der Waals surface area (Å²) in [4.78, 5) is 13.5. The van der Waals surface area contributed by atoms with Crippen LogP contribution in [0.4, 0.5) is 0 Å². The number of piperidine rings is 1. The lowest BCUT2D eigenvalue weighted by atomic mass is 10.1. The Morgan fingerprint density at radius 2 is 1.76 bits per heavy atom. The molecule has 0 spiro atoms. The molecule has 1 fully saturated rings. The summed E-state index contributed by atoms with van der Waals surface area (Å²) in [6.07, 6.45) is 4.54. The number of quaternary nitrogens is 1. The fourth-order valence-electron chi connectivity index (χ4n) is 2.38. The summed E-state index contributed by atoms with van der Waals surface area (Å²) < 4.78 is 0. The minimum atomic E-state index is 0.183. The quantitative estimate of drug-likeness (QED) is 0.764. The van der Waals surface area contributed by atoms with E-state index in [4.69, 9.17) is 5.11 Å². The van der Waals surface area contributed by atoms with Crippen LogP contribution in [0.2, 0.25) is 0 Å². The van der Waals surface area contributed by atoms with Crippen molar-refractivity contribution in [3.05, 3.63) is 29.8 Å². The second-order valence-electron chi connectivity index (χ2n) is 4.78. The van der Waals surface area contributed by atoms with Crippen molar-refractivity contribution in [3.8, 4) is 5.75 Å². The molecule has 3 nitrogen and oxygen atoms in total. The van der Waals surface area contributed by atoms with Gasteiger partial charge < -0.3 is 10.0 Å². The number of nitrogens with one attached hydrogen (secondary N) is 1. The van der Waals surface area contributed by atoms with Gasteiger partial charge in [-0.2, -0.15) is 0 Å². The molecular formula is C14H20NO2+. The molecule has 3 heteroatoms. The highest BCUT2D eigenvalue weighted by molar-refractivity contribution is 5.96. The molecule has 1 aliphatic heterocycles. The lowest BCUT2D eigenvalue weighted by Crippen LogP contribution is -3.12. The van der Waals surface area contributed by atoms with Gasteiger partial charge in [0, 0.05) is 5.56 Å². The van der Waals surface area contributed by atoms with E-state index >= 15 is 0 Å². The molecule has 17 heavy (non-hydrogen) atoms. The van der Waals surface area contributed by atoms with Crippen molar-refractivity contribution in [3.63, 3.8) is 0 Å². The number of Topliss-reactive ketones (excluding diaryl/α,β-unsaturated/α-hetero) is 1. The van der Waals surface area contributed by atoms with E-state index in [0.717, 1.165) is 6.54 Å². The van der Waals surface area contributed by atoms with Crippen molar-refractivity contribution >= 4 is 5.78 Å². The molecule has 1 saturated heterocycles. The monoisotopic (exact) mass is 234 g/mol. The van der Waals surface area contributed by atoms with Gasteiger partial charge in [0.1, 0.15) is 5.75 Å². The van der Waals surface area contributed by atoms with Gasteiger partial charge >= 0.3 is 0 Å². The minimum absolute atomic E-state index is 0.183. The molecule has 0 atom stereocenters. The maximum Gasteiger partial charge on any atom is 0.168 e. The number of hydrogen-bond donors (Lipinski definition) is 2. The van der Waals surface area contributed by atoms with Crippen molar-refractivity contribution in [2.45, 2.75) is 25.7 Å². The molecule has 0 bridgehead atoms. The number of benzene rings is 1. The third-order valence-corrected chi connectivity index (χ3v) is 3.46. The second kappa shape index (κ2) is 5.82. The van der Waals surface area contributed by atoms with Gasteiger partial charge in [0.05, 0.1) is 26.1 Å². The van der Waals surface area contributed by atoms with E-state index in [1.807, 2.05) is 0 Å². The first-order valence-corrected chi connectivity index (χ1v) is 6.41. The summed E-state index contributed by atoms with van der Waals surface area (Å²) in [6.45, 7) is 3.37. The number of ketones is 1. The Bertz CT molecular complexity index is 366. The Hall–Kier alpha value is -1.35. The van der Waals surface area contributed by atoms with E-state index in [2.05, 4.69) is 0 Å². The van der Waals surface area contributed by atoms with Gasteiger partial charge in [0.25, 0.3) is 0 Å². The Morgan fingerprint density at radius 3 is 2.41 bits per heavy atom. The van der Waals surface area contributed by atoms with Crippen LogP contribution in [0.1, 0.15) is 36.0 Å². The third kappa shape index (κ3) is 3.56. The highest BCUT2D eigenvalue weighted by Gasteiger charge is 2.15. The number of hydrogen-bond acceptors (Lipinski definition) is 2. The summed E-state index contributed by atoms with van der Waals surface area (Å²) in [5, 5.41) is 9.16. The van der Waals surface area contributed by atoms with Crippen LogP contribution < -0.4 is 4.90 Å². The number of carbonyl (C=O) groups excluding carboxylic acids is 1. The highest BCUT2D eigenvalue weighted by Crippen LogP contribution is 2.10. The molecule has 0 radical (unpaired) electrons. The summed E-state index contributed by atoms with van der Waals surface area (Å²) in [5.74, 6) is 0.395. The maximum absolute atomic E-state index is 11.9. The smallest absolute Gasteiger partial charge is 0.168 e. The number of aromatic hydroxyl groups is 1. The summed E-state index contributed by atoms with van der Waals surface area (Å²) >= 11 is 0. The first kappa shape index (κ1) is 12.1. The Balaban J connectivity index is 1.82. The number of carbonyl (C=O) groups is 1. The molecule has 1 aromatic rings. The molecule has 0 saturated carbocycles. The predicted molar refractivity (Wildman–Crippen MR) is 66.5 cm³/mol. The minimum Gasteiger partial charge on any atom is -0.508 e. The summed E-state index contributed by atoms with van der Waals surface area (Å²) in [7, 11) is 0. The van der Waals surface area contributed by atoms with Crippen LogP contribution in [0.25, 0.3) is 0 Å². The van der Waals surface area contributed by atoms with E-state index in [-0.39, 0.29) is 11.5 Å². The molecular weight excluding hydrogens is 214 g/mol. The van der Waals surface area contributed by atoms with E-state index in [9.17, 15) is 4.79 Å². The third-order valence-electron chi connectivity index (χ3n) is 3.46. The molecule has 0 aliphatic carbocycles. The number of rotatable bonds is 4. The van der Waals surface area contributed by atoms with Gasteiger partial charge in [-0.05, 0) is 43.5 Å². The van der Waals surface area contributed by atoms with Gasteiger partial charge in [-0.1, -0.05) is 0 Å². The van der Waals surface area contributed by atoms with Gasteiger partial charge in [0.15, 0.2) is 5.78 Å². The van der Waals surface area contributed by atoms with Gasteiger partial charge in [-0.3, -0.25) is 4.79 Å². The van der Waals surface area contributed by atoms with E-state index in [1.165, 1.54) is 32.4 Å². The van der Waals surface area contributed by atoms with Gasteiger partial charge in [-0.25, -0.2) is 0 Å². The summed E-state index contributed by atoms with van der Waals surface area (Å²) in [6, 6.07) is 6.54. The molecule has 0 amide bonds. The number of phenolic OH excluding ortho intramolecular Hbond substituents is 1. The number of likely N-dealkylation sites (tertiary alicyclic amines) is 1. The zero-order valence-electron chi connectivity index (χ0n) is 10.1. The van der Waals surface area contributed by atoms with Crippen molar-refractivity contribution in [1.29, 1.82) is 0 Å². The van der Waals surface area contributed by atoms with Crippen molar-refractivity contribution < 1.29 is 14.8 Å². The molecule has 1 heterocycles. The van der Waals surface area contributed by atoms with Crippen LogP contribution in [-0.4, -0.2) is 30.5 Å². The van der Waals surface area contributed by atoms with Crippen LogP contribution in [0, 0.1) is 0 Å². The van der Waals surface area contributed by atoms with Crippen LogP contribution in [-0.2, 0) is 0 Å². The van der Waals surface area contributed by atoms with E-state index in [1.54, 1.807) is 29.2 Å². The fourth-order valence-corrected chi connectivity index (χ4v) is 2.38. The molecule has 0 aromatic heterocycles. The van der Waals surface area contributed by atoms with Crippen molar-refractivity contribution in [2.24, 2.45) is 0 Å². The average Bonchev–Trinajstić information content (AvgIpc) is 2.38. The Labute approximate surface area is 102 Å². The van der Waals surface area contributed by atoms with Gasteiger partial charge in [0.2, 0.25) is 0 Å². The van der Waals surface area contributed by atoms with Crippen LogP contribution >= 0.6 is 0 Å². The maximum atomic E-state index is 11.9. The van der Waals surface area contributed by atoms with Crippen LogP contribution in [0.3, 0.4) is 0 Å². The predicted octanol–water partition coefficient (Wildman–Crippen LogP) is 1.03. The summed E-state index contributed by atoms with van der Waals surface area (Å²) in [5.41, 5.74) is 0.708. The number of phenols is 1. The topological polar surface area (TPSA) is 41.7 Å². The normalized spacial score (nSPS) is 16.9. The average molecular weight is 234 g/mol. The highest BCUT2D eigenvalue weighted by atomic mass is 16.3. The molecule has 92 valence electrons. The molecule has 0 unspecified atom stereocenters. The van der Waals surface area contributed by atoms with Crippen molar-refractivity contribution in [1.82, 2.24) is 0 Å². The van der Waals surface area contributed by atoms with E-state index < -0.39 is 0 Å². The molecule has 1 aliphatic rings. The lowest BCUT2D eigenvalue weighted by molar-refractivity contribution is -0.904. The lowest BCUT2D eigenvalue weighted by Gasteiger charge is -2.23. The molecule has 2 N–H and O–H groups in total. The largest absolute Gasteiger partial charge is 0.508 e. The first-order chi connectivity index (χ1) is 8.25. The Morgan fingerprint density at radius 1 is 1.12 bits per heavy atom. The SMILES string of the molecule is O=C(CC[NH+]1CCCCC1)c1ccc(O)cc1. The fraction of sp³-hybridized carbons (Fsp3) is 0.500. The zero-order valence-corrected chi connectivity index (χ0v) is 10.1. The van der Waals surface area contributed by atoms with Crippen molar-refractivity contribution in [2.75, 3.05) is 19.6 Å². The standard InChI is InChI=1S/C14H19NO2/c16-13-6-4-12(5-7-13)14(17)8-11-15-9-2-1-3-10-15/h4-7,16H,1-3,8-11H2/p+1. The molecule has 2 rings (SSSR count). The Kier molecular flexibility index (Phi) is 4.15. The molecule has 1 aromatic carbocycles. The second-order valence-corrected chi connectivity index (χ2v) is 4.78. The first-order valence-electron chi connectivity index (χ1n) is 6.41. The van der Waals surface area contributed by atoms with Crippen LogP contribution in [0.5, 0.6) is 5.75 Å². The van der Waals surface area contributed by atoms with Crippen LogP contribution in [0.15, 0.2) is 24.3 Å². The van der Waals surface area contributed by atoms with Gasteiger partial charge in [-0.15, -0.1) is 0 Å². The zero-order chi connectivity index (χ0) is 12.1. The van der Waals surface area contributed by atoms with E-state index in [0.29, 0.717) is 12.0 Å².